The highest BCUT2D eigenvalue weighted by atomic mass is 16.1. The molecule has 8 nitrogen and oxygen atoms in total. The van der Waals surface area contributed by atoms with Gasteiger partial charge in [-0.2, -0.15) is 10.5 Å². The van der Waals surface area contributed by atoms with Crippen molar-refractivity contribution in [1.29, 1.82) is 10.5 Å². The number of benzene rings is 1. The smallest absolute Gasteiger partial charge is 0.251 e. The number of carbonyl (C=O) groups excluding carboxylic acids is 1. The Morgan fingerprint density at radius 3 is 2.87 bits per heavy atom. The second-order valence-electron chi connectivity index (χ2n) is 8.17. The molecule has 2 fully saturated rings. The van der Waals surface area contributed by atoms with Crippen LogP contribution in [0.25, 0.3) is 0 Å². The molecule has 3 atom stereocenters. The zero-order valence-corrected chi connectivity index (χ0v) is 16.7. The third-order valence-corrected chi connectivity index (χ3v) is 6.40. The van der Waals surface area contributed by atoms with E-state index in [0.29, 0.717) is 23.8 Å². The number of anilines is 2. The van der Waals surface area contributed by atoms with Gasteiger partial charge in [-0.3, -0.25) is 4.79 Å². The second-order valence-corrected chi connectivity index (χ2v) is 8.17. The van der Waals surface area contributed by atoms with Gasteiger partial charge in [-0.1, -0.05) is 0 Å². The first-order valence-electron chi connectivity index (χ1n) is 10.2. The van der Waals surface area contributed by atoms with Crippen molar-refractivity contribution in [2.45, 2.75) is 50.7 Å². The van der Waals surface area contributed by atoms with Crippen molar-refractivity contribution in [1.82, 2.24) is 20.2 Å². The van der Waals surface area contributed by atoms with E-state index in [0.717, 1.165) is 42.6 Å². The van der Waals surface area contributed by atoms with Gasteiger partial charge in [0.25, 0.3) is 5.91 Å². The standard InChI is InChI=1S/C22H21N7O/c1-13-8-16(11-23)26-22(25-13)28-7-6-14-9-15(2-4-19(14)28)21(30)27-18-10-17-3-5-20(18)29(17)12-24/h2,4,8-9,17-18,20H,3,5-7,10H2,1H3,(H,27,30)/t17-,18+,20+/m0/s1. The molecule has 0 saturated carbocycles. The summed E-state index contributed by atoms with van der Waals surface area (Å²) in [6.45, 7) is 2.55. The van der Waals surface area contributed by atoms with Crippen molar-refractivity contribution in [3.05, 3.63) is 46.8 Å². The summed E-state index contributed by atoms with van der Waals surface area (Å²) in [5, 5.41) is 21.6. The Kier molecular flexibility index (Phi) is 4.29. The van der Waals surface area contributed by atoms with Crippen LogP contribution in [0.15, 0.2) is 24.3 Å². The lowest BCUT2D eigenvalue weighted by molar-refractivity contribution is 0.0928. The Hall–Kier alpha value is -3.65. The predicted octanol–water partition coefficient (Wildman–Crippen LogP) is 2.17. The fourth-order valence-electron chi connectivity index (χ4n) is 5.03. The molecule has 3 aliphatic heterocycles. The molecule has 1 aromatic carbocycles. The summed E-state index contributed by atoms with van der Waals surface area (Å²) >= 11 is 0. The van der Waals surface area contributed by atoms with Crippen LogP contribution in [0, 0.1) is 29.7 Å². The number of nitrogens with one attached hydrogen (secondary N) is 1. The van der Waals surface area contributed by atoms with Gasteiger partial charge in [0.1, 0.15) is 11.8 Å². The number of amides is 1. The van der Waals surface area contributed by atoms with Crippen LogP contribution in [0.4, 0.5) is 11.6 Å². The summed E-state index contributed by atoms with van der Waals surface area (Å²) in [6, 6.07) is 9.85. The van der Waals surface area contributed by atoms with Crippen molar-refractivity contribution >= 4 is 17.5 Å². The molecule has 0 aliphatic carbocycles. The van der Waals surface area contributed by atoms with Gasteiger partial charge in [0.2, 0.25) is 5.95 Å². The molecule has 3 aliphatic rings. The lowest BCUT2D eigenvalue weighted by atomic mass is 9.95. The molecule has 2 aromatic rings. The zero-order chi connectivity index (χ0) is 20.8. The maximum absolute atomic E-state index is 12.9. The molecule has 150 valence electrons. The Bertz CT molecular complexity index is 1120. The van der Waals surface area contributed by atoms with Crippen molar-refractivity contribution in [2.75, 3.05) is 11.4 Å². The molecule has 4 heterocycles. The van der Waals surface area contributed by atoms with Gasteiger partial charge in [0, 0.05) is 29.5 Å². The molecule has 0 radical (unpaired) electrons. The minimum atomic E-state index is -0.0923. The fourth-order valence-corrected chi connectivity index (χ4v) is 5.03. The Balaban J connectivity index is 1.35. The Morgan fingerprint density at radius 2 is 2.10 bits per heavy atom. The molecule has 1 N–H and O–H groups in total. The summed E-state index contributed by atoms with van der Waals surface area (Å²) in [7, 11) is 0. The lowest BCUT2D eigenvalue weighted by Crippen LogP contribution is -2.43. The van der Waals surface area contributed by atoms with Crippen molar-refractivity contribution < 1.29 is 4.79 Å². The highest BCUT2D eigenvalue weighted by molar-refractivity contribution is 5.95. The number of aryl methyl sites for hydroxylation is 1. The van der Waals surface area contributed by atoms with E-state index >= 15 is 0 Å². The average molecular weight is 399 g/mol. The summed E-state index contributed by atoms with van der Waals surface area (Å²) in [6.07, 6.45) is 5.90. The van der Waals surface area contributed by atoms with Crippen LogP contribution in [0.1, 0.15) is 46.6 Å². The maximum atomic E-state index is 12.9. The van der Waals surface area contributed by atoms with E-state index < -0.39 is 0 Å². The van der Waals surface area contributed by atoms with E-state index in [1.165, 1.54) is 0 Å². The summed E-state index contributed by atoms with van der Waals surface area (Å²) < 4.78 is 0. The van der Waals surface area contributed by atoms with Crippen LogP contribution >= 0.6 is 0 Å². The molecule has 1 amide bonds. The number of aromatic nitrogens is 2. The van der Waals surface area contributed by atoms with Crippen LogP contribution in [-0.2, 0) is 6.42 Å². The largest absolute Gasteiger partial charge is 0.347 e. The minimum absolute atomic E-state index is 0.0331. The lowest BCUT2D eigenvalue weighted by Gasteiger charge is -2.22. The van der Waals surface area contributed by atoms with E-state index in [9.17, 15) is 15.3 Å². The third kappa shape index (κ3) is 2.93. The Morgan fingerprint density at radius 1 is 1.23 bits per heavy atom. The summed E-state index contributed by atoms with van der Waals surface area (Å²) in [5.74, 6) is 0.423. The molecule has 0 spiro atoms. The van der Waals surface area contributed by atoms with Crippen LogP contribution < -0.4 is 10.2 Å². The first kappa shape index (κ1) is 18.4. The summed E-state index contributed by atoms with van der Waals surface area (Å²) in [4.78, 5) is 25.5. The fraction of sp³-hybridized carbons (Fsp3) is 0.409. The monoisotopic (exact) mass is 399 g/mol. The Labute approximate surface area is 174 Å². The van der Waals surface area contributed by atoms with Gasteiger partial charge in [-0.15, -0.1) is 0 Å². The molecular weight excluding hydrogens is 378 g/mol. The number of rotatable bonds is 3. The molecule has 2 saturated heterocycles. The maximum Gasteiger partial charge on any atom is 0.251 e. The third-order valence-electron chi connectivity index (χ3n) is 6.40. The van der Waals surface area contributed by atoms with E-state index in [1.54, 1.807) is 6.07 Å². The van der Waals surface area contributed by atoms with Gasteiger partial charge in [0.15, 0.2) is 6.19 Å². The topological polar surface area (TPSA) is 109 Å². The van der Waals surface area contributed by atoms with Crippen LogP contribution in [-0.4, -0.2) is 45.4 Å². The van der Waals surface area contributed by atoms with Gasteiger partial charge < -0.3 is 15.1 Å². The molecule has 2 bridgehead atoms. The quantitative estimate of drug-likeness (QED) is 0.788. The zero-order valence-electron chi connectivity index (χ0n) is 16.7. The predicted molar refractivity (Wildman–Crippen MR) is 109 cm³/mol. The molecule has 0 unspecified atom stereocenters. The highest BCUT2D eigenvalue weighted by Crippen LogP contribution is 2.37. The minimum Gasteiger partial charge on any atom is -0.347 e. The van der Waals surface area contributed by atoms with Crippen molar-refractivity contribution in [2.24, 2.45) is 0 Å². The van der Waals surface area contributed by atoms with E-state index in [4.69, 9.17) is 0 Å². The number of carbonyl (C=O) groups is 1. The van der Waals surface area contributed by atoms with E-state index in [-0.39, 0.29) is 24.0 Å². The SMILES string of the molecule is Cc1cc(C#N)nc(N2CCc3cc(C(=O)N[C@@H]4C[C@@H]5CC[C@H]4N5C#N)ccc32)n1. The van der Waals surface area contributed by atoms with E-state index in [2.05, 4.69) is 27.5 Å². The highest BCUT2D eigenvalue weighted by Gasteiger charge is 2.46. The molecular formula is C22H21N7O. The average Bonchev–Trinajstić information content (AvgIpc) is 3.44. The number of fused-ring (bicyclic) bond motifs is 3. The summed E-state index contributed by atoms with van der Waals surface area (Å²) in [5.41, 5.74) is 3.76. The number of nitriles is 2. The van der Waals surface area contributed by atoms with E-state index in [1.807, 2.05) is 34.9 Å². The van der Waals surface area contributed by atoms with Crippen molar-refractivity contribution in [3.63, 3.8) is 0 Å². The molecule has 30 heavy (non-hydrogen) atoms. The van der Waals surface area contributed by atoms with Gasteiger partial charge in [-0.25, -0.2) is 9.97 Å². The molecule has 1 aromatic heterocycles. The van der Waals surface area contributed by atoms with Crippen LogP contribution in [0.3, 0.4) is 0 Å². The first-order valence-corrected chi connectivity index (χ1v) is 10.2. The van der Waals surface area contributed by atoms with Gasteiger partial charge in [-0.05, 0) is 62.4 Å². The number of nitrogens with zero attached hydrogens (tertiary/aromatic N) is 6. The molecule has 8 heteroatoms. The first-order chi connectivity index (χ1) is 14.6. The molecule has 5 rings (SSSR count). The second kappa shape index (κ2) is 7.00. The number of hydrogen-bond acceptors (Lipinski definition) is 7. The van der Waals surface area contributed by atoms with Crippen LogP contribution in [0.5, 0.6) is 0 Å². The van der Waals surface area contributed by atoms with Gasteiger partial charge in [0.05, 0.1) is 12.1 Å². The number of hydrogen-bond donors (Lipinski definition) is 1. The van der Waals surface area contributed by atoms with Crippen molar-refractivity contribution in [3.8, 4) is 12.3 Å². The van der Waals surface area contributed by atoms with Crippen LogP contribution in [0.2, 0.25) is 0 Å². The normalized spacial score (nSPS) is 23.8. The van der Waals surface area contributed by atoms with Gasteiger partial charge >= 0.3 is 0 Å².